The van der Waals surface area contributed by atoms with E-state index in [1.165, 1.54) is 0 Å². The van der Waals surface area contributed by atoms with Gasteiger partial charge in [-0.1, -0.05) is 0 Å². The molecule has 2 aliphatic heterocycles. The maximum Gasteiger partial charge on any atom is 0.270 e. The van der Waals surface area contributed by atoms with Gasteiger partial charge in [-0.25, -0.2) is 0 Å². The molecule has 3 amide bonds. The van der Waals surface area contributed by atoms with Gasteiger partial charge in [-0.15, -0.1) is 0 Å². The molecule has 0 bridgehead atoms. The maximum absolute atomic E-state index is 13.9. The van der Waals surface area contributed by atoms with Crippen LogP contribution in [0.15, 0.2) is 18.2 Å². The number of piperidine rings is 1. The van der Waals surface area contributed by atoms with Crippen LogP contribution < -0.4 is 25.2 Å². The molecule has 1 aliphatic carbocycles. The van der Waals surface area contributed by atoms with Crippen LogP contribution in [0.4, 0.5) is 11.4 Å². The fourth-order valence-corrected chi connectivity index (χ4v) is 5.32. The van der Waals surface area contributed by atoms with Gasteiger partial charge < -0.3 is 34.6 Å². The molecule has 10 heteroatoms. The minimum absolute atomic E-state index is 0.0108. The van der Waals surface area contributed by atoms with Crippen LogP contribution in [0, 0.1) is 11.8 Å². The molecule has 38 heavy (non-hydrogen) atoms. The van der Waals surface area contributed by atoms with Gasteiger partial charge >= 0.3 is 0 Å². The van der Waals surface area contributed by atoms with E-state index in [9.17, 15) is 14.4 Å². The van der Waals surface area contributed by atoms with Gasteiger partial charge in [0.05, 0.1) is 24.1 Å². The Morgan fingerprint density at radius 1 is 1.21 bits per heavy atom. The van der Waals surface area contributed by atoms with Crippen molar-refractivity contribution in [3.05, 3.63) is 18.2 Å². The van der Waals surface area contributed by atoms with Crippen molar-refractivity contribution in [2.45, 2.75) is 64.1 Å². The third kappa shape index (κ3) is 6.30. The number of anilines is 2. The van der Waals surface area contributed by atoms with Crippen LogP contribution in [-0.2, 0) is 23.9 Å². The van der Waals surface area contributed by atoms with Gasteiger partial charge in [-0.2, -0.15) is 0 Å². The topological polar surface area (TPSA) is 109 Å². The predicted octanol–water partition coefficient (Wildman–Crippen LogP) is 2.10. The highest BCUT2D eigenvalue weighted by Gasteiger charge is 2.43. The first kappa shape index (κ1) is 28.3. The highest BCUT2D eigenvalue weighted by Crippen LogP contribution is 2.43. The summed E-state index contributed by atoms with van der Waals surface area (Å²) in [5.74, 6) is -0.140. The molecule has 0 radical (unpaired) electrons. The standard InChI is InChI=1S/C28H42N4O6/c1-18(17-37-5)30-25(33)19-13-20(16-29-15-19)26(34)32(21-7-8-21)22-9-10-24-23(14-22)31(11-6-12-36-4)27(35)28(2,3)38-24/h9-10,14,18-21,29H,6-8,11-13,15-17H2,1-5H3,(H,30,33)/t18-,19-,20+/m0/s1. The smallest absolute Gasteiger partial charge is 0.270 e. The molecule has 1 aromatic rings. The Morgan fingerprint density at radius 2 is 1.95 bits per heavy atom. The van der Waals surface area contributed by atoms with Gasteiger partial charge in [-0.3, -0.25) is 14.4 Å². The summed E-state index contributed by atoms with van der Waals surface area (Å²) in [5.41, 5.74) is 0.453. The highest BCUT2D eigenvalue weighted by atomic mass is 16.5. The average Bonchev–Trinajstić information content (AvgIpc) is 3.72. The van der Waals surface area contributed by atoms with Crippen LogP contribution in [0.25, 0.3) is 0 Å². The quantitative estimate of drug-likeness (QED) is 0.422. The van der Waals surface area contributed by atoms with Crippen molar-refractivity contribution in [3.63, 3.8) is 0 Å². The molecular weight excluding hydrogens is 488 g/mol. The second kappa shape index (κ2) is 12.0. The lowest BCUT2D eigenvalue weighted by Crippen LogP contribution is -2.53. The molecule has 0 spiro atoms. The van der Waals surface area contributed by atoms with Crippen LogP contribution in [0.5, 0.6) is 5.75 Å². The number of carbonyl (C=O) groups excluding carboxylic acids is 3. The molecule has 0 unspecified atom stereocenters. The highest BCUT2D eigenvalue weighted by molar-refractivity contribution is 6.04. The van der Waals surface area contributed by atoms with E-state index < -0.39 is 5.60 Å². The molecule has 4 rings (SSSR count). The molecule has 210 valence electrons. The number of ether oxygens (including phenoxy) is 3. The summed E-state index contributed by atoms with van der Waals surface area (Å²) >= 11 is 0. The Labute approximate surface area is 225 Å². The Bertz CT molecular complexity index is 1030. The van der Waals surface area contributed by atoms with E-state index in [4.69, 9.17) is 14.2 Å². The molecular formula is C28H42N4O6. The van der Waals surface area contributed by atoms with Crippen LogP contribution >= 0.6 is 0 Å². The molecule has 3 atom stereocenters. The van der Waals surface area contributed by atoms with Crippen molar-refractivity contribution in [1.29, 1.82) is 0 Å². The number of fused-ring (bicyclic) bond motifs is 1. The first-order valence-corrected chi connectivity index (χ1v) is 13.6. The molecule has 2 heterocycles. The molecule has 1 saturated carbocycles. The Balaban J connectivity index is 1.54. The first-order chi connectivity index (χ1) is 18.2. The second-order valence-corrected chi connectivity index (χ2v) is 11.2. The normalized spacial score (nSPS) is 23.3. The lowest BCUT2D eigenvalue weighted by molar-refractivity contribution is -0.132. The summed E-state index contributed by atoms with van der Waals surface area (Å²) in [5, 5.41) is 6.28. The molecule has 10 nitrogen and oxygen atoms in total. The number of benzene rings is 1. The van der Waals surface area contributed by atoms with E-state index in [0.717, 1.165) is 18.5 Å². The zero-order valence-corrected chi connectivity index (χ0v) is 23.2. The molecule has 2 N–H and O–H groups in total. The van der Waals surface area contributed by atoms with E-state index in [2.05, 4.69) is 10.6 Å². The summed E-state index contributed by atoms with van der Waals surface area (Å²) in [4.78, 5) is 43.6. The summed E-state index contributed by atoms with van der Waals surface area (Å²) in [6.45, 7) is 8.00. The lowest BCUT2D eigenvalue weighted by Gasteiger charge is -2.39. The van der Waals surface area contributed by atoms with Crippen molar-refractivity contribution < 1.29 is 28.6 Å². The summed E-state index contributed by atoms with van der Waals surface area (Å²) in [7, 11) is 3.25. The number of nitrogens with one attached hydrogen (secondary N) is 2. The number of hydrogen-bond donors (Lipinski definition) is 2. The number of nitrogens with zero attached hydrogens (tertiary/aromatic N) is 2. The monoisotopic (exact) mass is 530 g/mol. The zero-order valence-electron chi connectivity index (χ0n) is 23.2. The van der Waals surface area contributed by atoms with Crippen LogP contribution in [0.2, 0.25) is 0 Å². The number of hydrogen-bond acceptors (Lipinski definition) is 7. The fraction of sp³-hybridized carbons (Fsp3) is 0.679. The number of amides is 3. The van der Waals surface area contributed by atoms with Crippen LogP contribution in [0.3, 0.4) is 0 Å². The van der Waals surface area contributed by atoms with Crippen molar-refractivity contribution in [1.82, 2.24) is 10.6 Å². The third-order valence-corrected chi connectivity index (χ3v) is 7.39. The van der Waals surface area contributed by atoms with Crippen molar-refractivity contribution in [2.24, 2.45) is 11.8 Å². The van der Waals surface area contributed by atoms with E-state index in [0.29, 0.717) is 57.1 Å². The molecule has 0 aromatic heterocycles. The largest absolute Gasteiger partial charge is 0.476 e. The Morgan fingerprint density at radius 3 is 2.63 bits per heavy atom. The second-order valence-electron chi connectivity index (χ2n) is 11.2. The van der Waals surface area contributed by atoms with Gasteiger partial charge in [0.15, 0.2) is 5.60 Å². The van der Waals surface area contributed by atoms with E-state index in [1.807, 2.05) is 30.0 Å². The van der Waals surface area contributed by atoms with Crippen molar-refractivity contribution in [2.75, 3.05) is 56.9 Å². The zero-order chi connectivity index (χ0) is 27.4. The number of methoxy groups -OCH3 is 2. The van der Waals surface area contributed by atoms with E-state index >= 15 is 0 Å². The summed E-state index contributed by atoms with van der Waals surface area (Å²) < 4.78 is 16.4. The van der Waals surface area contributed by atoms with Crippen molar-refractivity contribution in [3.8, 4) is 5.75 Å². The number of rotatable bonds is 11. The van der Waals surface area contributed by atoms with Gasteiger partial charge in [0.2, 0.25) is 11.8 Å². The van der Waals surface area contributed by atoms with E-state index in [1.54, 1.807) is 33.0 Å². The lowest BCUT2D eigenvalue weighted by atomic mass is 9.88. The minimum Gasteiger partial charge on any atom is -0.476 e. The Kier molecular flexibility index (Phi) is 8.95. The van der Waals surface area contributed by atoms with Gasteiger partial charge in [-0.05, 0) is 64.7 Å². The van der Waals surface area contributed by atoms with Gasteiger partial charge in [0.1, 0.15) is 5.75 Å². The molecule has 3 aliphatic rings. The fourth-order valence-electron chi connectivity index (χ4n) is 5.32. The predicted molar refractivity (Wildman–Crippen MR) is 144 cm³/mol. The number of carbonyl (C=O) groups is 3. The van der Waals surface area contributed by atoms with E-state index in [-0.39, 0.29) is 41.6 Å². The maximum atomic E-state index is 13.9. The SMILES string of the molecule is COCCCN1C(=O)C(C)(C)Oc2ccc(N(C(=O)[C@H]3CNC[C@@H](C(=O)N[C@@H](C)COC)C3)C3CC3)cc21. The van der Waals surface area contributed by atoms with Crippen LogP contribution in [-0.4, -0.2) is 82.5 Å². The summed E-state index contributed by atoms with van der Waals surface area (Å²) in [6, 6.07) is 5.69. The van der Waals surface area contributed by atoms with Crippen LogP contribution in [0.1, 0.15) is 46.5 Å². The third-order valence-electron chi connectivity index (χ3n) is 7.39. The minimum atomic E-state index is -0.975. The van der Waals surface area contributed by atoms with Gasteiger partial charge in [0, 0.05) is 58.2 Å². The molecule has 1 aromatic carbocycles. The van der Waals surface area contributed by atoms with Crippen molar-refractivity contribution >= 4 is 29.1 Å². The van der Waals surface area contributed by atoms with Gasteiger partial charge in [0.25, 0.3) is 5.91 Å². The molecule has 1 saturated heterocycles. The Hall–Kier alpha value is -2.69. The average molecular weight is 531 g/mol. The molecule has 2 fully saturated rings. The first-order valence-electron chi connectivity index (χ1n) is 13.6. The summed E-state index contributed by atoms with van der Waals surface area (Å²) in [6.07, 6.45) is 3.04.